The fourth-order valence-electron chi connectivity index (χ4n) is 4.74. The average molecular weight is 408 g/mol. The molecule has 0 aliphatic carbocycles. The molecule has 0 saturated carbocycles. The van der Waals surface area contributed by atoms with Gasteiger partial charge in [0.05, 0.1) is 15.3 Å². The number of rotatable bonds is 3. The fourth-order valence-corrected chi connectivity index (χ4v) is 6.00. The van der Waals surface area contributed by atoms with Gasteiger partial charge in [0, 0.05) is 36.9 Å². The van der Waals surface area contributed by atoms with Crippen molar-refractivity contribution in [2.45, 2.75) is 16.2 Å². The van der Waals surface area contributed by atoms with Crippen LogP contribution in [0.15, 0.2) is 70.6 Å². The number of aromatic nitrogens is 1. The van der Waals surface area contributed by atoms with Gasteiger partial charge in [0.15, 0.2) is 0 Å². The monoisotopic (exact) mass is 407 g/mol. The molecular weight excluding hydrogens is 382 g/mol. The molecule has 0 N–H and O–H groups in total. The van der Waals surface area contributed by atoms with E-state index in [4.69, 9.17) is 0 Å². The zero-order valence-corrected chi connectivity index (χ0v) is 17.3. The maximum absolute atomic E-state index is 13.0. The van der Waals surface area contributed by atoms with Crippen LogP contribution in [0.3, 0.4) is 0 Å². The summed E-state index contributed by atoms with van der Waals surface area (Å²) in [5.74, 6) is 1.47. The van der Waals surface area contributed by atoms with Crippen LogP contribution in [0, 0.1) is 11.8 Å². The van der Waals surface area contributed by atoms with Crippen LogP contribution in [-0.2, 0) is 9.84 Å². The molecule has 3 heterocycles. The van der Waals surface area contributed by atoms with Crippen molar-refractivity contribution in [1.82, 2.24) is 9.88 Å². The first-order valence-corrected chi connectivity index (χ1v) is 11.6. The topological polar surface area (TPSA) is 53.5 Å². The second-order valence-electron chi connectivity index (χ2n) is 8.34. The molecule has 5 nitrogen and oxygen atoms in total. The molecule has 0 spiro atoms. The highest BCUT2D eigenvalue weighted by atomic mass is 32.2. The number of fused-ring (bicyclic) bond motifs is 2. The summed E-state index contributed by atoms with van der Waals surface area (Å²) in [5, 5.41) is 0.867. The number of pyridine rings is 1. The van der Waals surface area contributed by atoms with Crippen molar-refractivity contribution < 1.29 is 8.42 Å². The number of nitrogens with zero attached hydrogens (tertiary/aromatic N) is 3. The smallest absolute Gasteiger partial charge is 0.208 e. The van der Waals surface area contributed by atoms with Gasteiger partial charge in [-0.15, -0.1) is 0 Å². The molecule has 2 aliphatic rings. The molecule has 6 heteroatoms. The van der Waals surface area contributed by atoms with E-state index >= 15 is 0 Å². The van der Waals surface area contributed by atoms with Crippen LogP contribution in [0.2, 0.25) is 0 Å². The van der Waals surface area contributed by atoms with Crippen LogP contribution in [-0.4, -0.2) is 51.5 Å². The van der Waals surface area contributed by atoms with Gasteiger partial charge in [0.25, 0.3) is 0 Å². The van der Waals surface area contributed by atoms with Gasteiger partial charge in [0.2, 0.25) is 9.84 Å². The number of benzene rings is 2. The summed E-state index contributed by atoms with van der Waals surface area (Å²) in [6.45, 7) is 4.49. The molecule has 3 aromatic rings. The lowest BCUT2D eigenvalue weighted by molar-refractivity contribution is 0.178. The Hall–Kier alpha value is -2.44. The van der Waals surface area contributed by atoms with E-state index in [9.17, 15) is 8.42 Å². The SMILES string of the molecule is CN1CCC2CN(c3ccc4ncc(S(=O)(=O)c5ccccc5)cc4c3)CC2C1. The first-order chi connectivity index (χ1) is 14.0. The van der Waals surface area contributed by atoms with Crippen molar-refractivity contribution >= 4 is 26.4 Å². The lowest BCUT2D eigenvalue weighted by Gasteiger charge is -2.31. The molecule has 1 aromatic heterocycles. The van der Waals surface area contributed by atoms with Gasteiger partial charge >= 0.3 is 0 Å². The minimum absolute atomic E-state index is 0.241. The second-order valence-corrected chi connectivity index (χ2v) is 10.3. The number of sulfone groups is 1. The predicted octanol–water partition coefficient (Wildman–Crippen LogP) is 3.46. The van der Waals surface area contributed by atoms with Crippen LogP contribution in [0.4, 0.5) is 5.69 Å². The van der Waals surface area contributed by atoms with Crippen molar-refractivity contribution in [1.29, 1.82) is 0 Å². The molecule has 2 aromatic carbocycles. The third kappa shape index (κ3) is 3.40. The first-order valence-electron chi connectivity index (χ1n) is 10.1. The highest BCUT2D eigenvalue weighted by molar-refractivity contribution is 7.91. The Labute approximate surface area is 171 Å². The molecule has 2 saturated heterocycles. The van der Waals surface area contributed by atoms with Crippen LogP contribution in [0.1, 0.15) is 6.42 Å². The second kappa shape index (κ2) is 7.11. The lowest BCUT2D eigenvalue weighted by Crippen LogP contribution is -2.37. The molecule has 29 heavy (non-hydrogen) atoms. The Morgan fingerprint density at radius 1 is 0.931 bits per heavy atom. The molecule has 150 valence electrons. The highest BCUT2D eigenvalue weighted by Gasteiger charge is 2.36. The number of anilines is 1. The minimum Gasteiger partial charge on any atom is -0.371 e. The van der Waals surface area contributed by atoms with E-state index in [1.54, 1.807) is 30.3 Å². The van der Waals surface area contributed by atoms with Gasteiger partial charge in [-0.25, -0.2) is 8.42 Å². The summed E-state index contributed by atoms with van der Waals surface area (Å²) in [7, 11) is -1.36. The van der Waals surface area contributed by atoms with Crippen LogP contribution in [0.5, 0.6) is 0 Å². The Balaban J connectivity index is 1.48. The summed E-state index contributed by atoms with van der Waals surface area (Å²) in [6.07, 6.45) is 2.72. The van der Waals surface area contributed by atoms with Crippen LogP contribution >= 0.6 is 0 Å². The maximum atomic E-state index is 13.0. The van der Waals surface area contributed by atoms with Gasteiger partial charge in [-0.2, -0.15) is 0 Å². The fraction of sp³-hybridized carbons (Fsp3) is 0.348. The standard InChI is InChI=1S/C23H25N3O2S/c1-25-10-9-17-15-26(16-19(17)14-25)20-7-8-23-18(11-20)12-22(13-24-23)29(27,28)21-5-3-2-4-6-21/h2-8,11-13,17,19H,9-10,14-16H2,1H3. The van der Waals surface area contributed by atoms with Gasteiger partial charge in [-0.05, 0) is 68.2 Å². The number of hydrogen-bond acceptors (Lipinski definition) is 5. The van der Waals surface area contributed by atoms with Crippen molar-refractivity contribution in [2.75, 3.05) is 38.1 Å². The normalized spacial score (nSPS) is 22.7. The van der Waals surface area contributed by atoms with Crippen LogP contribution < -0.4 is 4.90 Å². The van der Waals surface area contributed by atoms with Gasteiger partial charge in [-0.1, -0.05) is 18.2 Å². The molecule has 0 bridgehead atoms. The molecule has 2 fully saturated rings. The highest BCUT2D eigenvalue weighted by Crippen LogP contribution is 2.35. The predicted molar refractivity (Wildman–Crippen MR) is 115 cm³/mol. The first kappa shape index (κ1) is 18.6. The van der Waals surface area contributed by atoms with Gasteiger partial charge in [-0.3, -0.25) is 4.98 Å². The average Bonchev–Trinajstić information content (AvgIpc) is 3.17. The summed E-state index contributed by atoms with van der Waals surface area (Å²) >= 11 is 0. The van der Waals surface area contributed by atoms with Crippen molar-refractivity contribution in [3.8, 4) is 0 Å². The number of hydrogen-bond donors (Lipinski definition) is 0. The molecule has 0 amide bonds. The lowest BCUT2D eigenvalue weighted by atomic mass is 9.89. The summed E-state index contributed by atoms with van der Waals surface area (Å²) < 4.78 is 25.9. The van der Waals surface area contributed by atoms with Crippen molar-refractivity contribution in [3.05, 3.63) is 60.8 Å². The molecule has 0 radical (unpaired) electrons. The Morgan fingerprint density at radius 2 is 1.72 bits per heavy atom. The van der Waals surface area contributed by atoms with E-state index in [0.717, 1.165) is 42.1 Å². The van der Waals surface area contributed by atoms with Gasteiger partial charge in [0.1, 0.15) is 0 Å². The number of likely N-dealkylation sites (tertiary alicyclic amines) is 1. The number of piperidine rings is 1. The Bertz CT molecular complexity index is 1150. The summed E-state index contributed by atoms with van der Waals surface area (Å²) in [6, 6.07) is 16.5. The quantitative estimate of drug-likeness (QED) is 0.666. The zero-order chi connectivity index (χ0) is 20.0. The Kier molecular flexibility index (Phi) is 4.56. The maximum Gasteiger partial charge on any atom is 0.208 e. The van der Waals surface area contributed by atoms with E-state index in [2.05, 4.69) is 34.0 Å². The third-order valence-corrected chi connectivity index (χ3v) is 8.11. The molecule has 2 atom stereocenters. The van der Waals surface area contributed by atoms with E-state index in [1.165, 1.54) is 19.2 Å². The zero-order valence-electron chi connectivity index (χ0n) is 16.5. The van der Waals surface area contributed by atoms with E-state index in [1.807, 2.05) is 12.1 Å². The third-order valence-electron chi connectivity index (χ3n) is 6.37. The minimum atomic E-state index is -3.57. The summed E-state index contributed by atoms with van der Waals surface area (Å²) in [5.41, 5.74) is 1.97. The molecule has 5 rings (SSSR count). The van der Waals surface area contributed by atoms with Gasteiger partial charge < -0.3 is 9.80 Å². The van der Waals surface area contributed by atoms with E-state index in [-0.39, 0.29) is 4.90 Å². The van der Waals surface area contributed by atoms with Crippen molar-refractivity contribution in [2.24, 2.45) is 11.8 Å². The van der Waals surface area contributed by atoms with Crippen LogP contribution in [0.25, 0.3) is 10.9 Å². The van der Waals surface area contributed by atoms with Crippen molar-refractivity contribution in [3.63, 3.8) is 0 Å². The Morgan fingerprint density at radius 3 is 2.55 bits per heavy atom. The summed E-state index contributed by atoms with van der Waals surface area (Å²) in [4.78, 5) is 9.83. The molecular formula is C23H25N3O2S. The van der Waals surface area contributed by atoms with E-state index in [0.29, 0.717) is 10.8 Å². The largest absolute Gasteiger partial charge is 0.371 e. The van der Waals surface area contributed by atoms with E-state index < -0.39 is 9.84 Å². The molecule has 2 aliphatic heterocycles. The molecule has 2 unspecified atom stereocenters.